The van der Waals surface area contributed by atoms with Crippen molar-refractivity contribution in [1.82, 2.24) is 9.88 Å². The predicted molar refractivity (Wildman–Crippen MR) is 144 cm³/mol. The monoisotopic (exact) mass is 560 g/mol. The SMILES string of the molecule is CCOc1cc(C2/C(=C(\O)c3ccc(Br)cc3)C(=O)C(=O)N2CCc2c[nH]c3ccccc23)ccc1O. The number of carbonyl (C=O) groups is 2. The highest BCUT2D eigenvalue weighted by atomic mass is 79.9. The van der Waals surface area contributed by atoms with Crippen molar-refractivity contribution in [3.05, 3.63) is 99.7 Å². The number of hydrogen-bond donors (Lipinski definition) is 3. The molecule has 0 saturated carbocycles. The molecule has 4 aromatic rings. The number of hydrogen-bond acceptors (Lipinski definition) is 5. The third kappa shape index (κ3) is 4.60. The number of para-hydroxylation sites is 1. The van der Waals surface area contributed by atoms with E-state index in [-0.39, 0.29) is 29.4 Å². The Kier molecular flexibility index (Phi) is 6.76. The number of halogens is 1. The molecule has 1 fully saturated rings. The summed E-state index contributed by atoms with van der Waals surface area (Å²) in [5, 5.41) is 22.5. The lowest BCUT2D eigenvalue weighted by Crippen LogP contribution is -2.31. The quantitative estimate of drug-likeness (QED) is 0.153. The number of phenols is 1. The molecule has 7 nitrogen and oxygen atoms in total. The molecule has 1 unspecified atom stereocenters. The average Bonchev–Trinajstić information content (AvgIpc) is 3.42. The summed E-state index contributed by atoms with van der Waals surface area (Å²) in [5.74, 6) is -1.50. The number of phenolic OH excluding ortho intramolecular Hbond substituents is 1. The van der Waals surface area contributed by atoms with E-state index in [1.807, 2.05) is 30.5 Å². The van der Waals surface area contributed by atoms with Gasteiger partial charge < -0.3 is 24.8 Å². The zero-order valence-corrected chi connectivity index (χ0v) is 21.7. The smallest absolute Gasteiger partial charge is 0.295 e. The van der Waals surface area contributed by atoms with Crippen molar-refractivity contribution in [2.24, 2.45) is 0 Å². The third-order valence-electron chi connectivity index (χ3n) is 6.55. The first-order valence-corrected chi connectivity index (χ1v) is 12.7. The number of aromatic amines is 1. The highest BCUT2D eigenvalue weighted by molar-refractivity contribution is 9.10. The van der Waals surface area contributed by atoms with Crippen LogP contribution in [0.1, 0.15) is 29.7 Å². The van der Waals surface area contributed by atoms with E-state index in [2.05, 4.69) is 20.9 Å². The minimum absolute atomic E-state index is 0.000567. The van der Waals surface area contributed by atoms with Gasteiger partial charge >= 0.3 is 0 Å². The molecule has 0 spiro atoms. The summed E-state index contributed by atoms with van der Waals surface area (Å²) < 4.78 is 6.38. The number of ketones is 1. The van der Waals surface area contributed by atoms with E-state index in [1.54, 1.807) is 43.3 Å². The average molecular weight is 561 g/mol. The van der Waals surface area contributed by atoms with Gasteiger partial charge in [0, 0.05) is 33.7 Å². The summed E-state index contributed by atoms with van der Waals surface area (Å²) in [6.45, 7) is 2.38. The first kappa shape index (κ1) is 24.6. The maximum Gasteiger partial charge on any atom is 0.295 e. The fourth-order valence-electron chi connectivity index (χ4n) is 4.77. The van der Waals surface area contributed by atoms with Crippen LogP contribution in [0.2, 0.25) is 0 Å². The van der Waals surface area contributed by atoms with Crippen LogP contribution in [0.15, 0.2) is 83.0 Å². The number of ether oxygens (including phenoxy) is 1. The molecule has 1 saturated heterocycles. The van der Waals surface area contributed by atoms with Crippen molar-refractivity contribution in [3.63, 3.8) is 0 Å². The number of fused-ring (bicyclic) bond motifs is 1. The van der Waals surface area contributed by atoms with E-state index in [1.165, 1.54) is 11.0 Å². The molecule has 37 heavy (non-hydrogen) atoms. The number of aromatic hydroxyl groups is 1. The van der Waals surface area contributed by atoms with Crippen LogP contribution in [0.25, 0.3) is 16.7 Å². The number of aliphatic hydroxyl groups excluding tert-OH is 1. The van der Waals surface area contributed by atoms with Gasteiger partial charge in [0.1, 0.15) is 5.76 Å². The summed E-state index contributed by atoms with van der Waals surface area (Å²) >= 11 is 3.38. The molecule has 8 heteroatoms. The van der Waals surface area contributed by atoms with E-state index in [9.17, 15) is 19.8 Å². The fourth-order valence-corrected chi connectivity index (χ4v) is 5.04. The number of carbonyl (C=O) groups excluding carboxylic acids is 2. The number of rotatable bonds is 7. The van der Waals surface area contributed by atoms with Crippen LogP contribution < -0.4 is 4.74 Å². The minimum Gasteiger partial charge on any atom is -0.507 e. The summed E-state index contributed by atoms with van der Waals surface area (Å²) in [6.07, 6.45) is 2.41. The van der Waals surface area contributed by atoms with Crippen LogP contribution in [0.3, 0.4) is 0 Å². The number of amides is 1. The topological polar surface area (TPSA) is 103 Å². The van der Waals surface area contributed by atoms with Crippen LogP contribution in [-0.2, 0) is 16.0 Å². The van der Waals surface area contributed by atoms with E-state index in [0.717, 1.165) is 20.9 Å². The van der Waals surface area contributed by atoms with Crippen LogP contribution >= 0.6 is 15.9 Å². The van der Waals surface area contributed by atoms with Gasteiger partial charge in [0.2, 0.25) is 0 Å². The van der Waals surface area contributed by atoms with Crippen molar-refractivity contribution in [3.8, 4) is 11.5 Å². The lowest BCUT2D eigenvalue weighted by molar-refractivity contribution is -0.139. The van der Waals surface area contributed by atoms with Gasteiger partial charge in [-0.05, 0) is 54.8 Å². The number of aliphatic hydroxyl groups is 1. The summed E-state index contributed by atoms with van der Waals surface area (Å²) in [7, 11) is 0. The Labute approximate surface area is 222 Å². The van der Waals surface area contributed by atoms with Crippen LogP contribution in [0.4, 0.5) is 0 Å². The van der Waals surface area contributed by atoms with Gasteiger partial charge in [-0.25, -0.2) is 0 Å². The normalized spacial score (nSPS) is 17.0. The maximum atomic E-state index is 13.3. The molecule has 3 N–H and O–H groups in total. The Morgan fingerprint density at radius 1 is 1.08 bits per heavy atom. The molecule has 0 bridgehead atoms. The second-order valence-electron chi connectivity index (χ2n) is 8.77. The number of likely N-dealkylation sites (tertiary alicyclic amines) is 1. The van der Waals surface area contributed by atoms with Crippen molar-refractivity contribution in [2.45, 2.75) is 19.4 Å². The molecule has 1 amide bonds. The molecule has 2 heterocycles. The number of Topliss-reactive ketones (excluding diaryl/α,β-unsaturated/α-hetero) is 1. The lowest BCUT2D eigenvalue weighted by Gasteiger charge is -2.26. The van der Waals surface area contributed by atoms with Crippen LogP contribution in [0, 0.1) is 0 Å². The Balaban J connectivity index is 1.59. The zero-order chi connectivity index (χ0) is 26.1. The first-order valence-electron chi connectivity index (χ1n) is 11.9. The molecule has 0 aliphatic carbocycles. The van der Waals surface area contributed by atoms with E-state index >= 15 is 0 Å². The van der Waals surface area contributed by atoms with Crippen molar-refractivity contribution in [2.75, 3.05) is 13.2 Å². The van der Waals surface area contributed by atoms with Crippen LogP contribution in [0.5, 0.6) is 11.5 Å². The van der Waals surface area contributed by atoms with Gasteiger partial charge in [-0.3, -0.25) is 9.59 Å². The molecule has 188 valence electrons. The summed E-state index contributed by atoms with van der Waals surface area (Å²) in [4.78, 5) is 31.4. The van der Waals surface area contributed by atoms with E-state index < -0.39 is 17.7 Å². The van der Waals surface area contributed by atoms with Crippen LogP contribution in [-0.4, -0.2) is 44.9 Å². The van der Waals surface area contributed by atoms with Crippen molar-refractivity contribution < 1.29 is 24.5 Å². The highest BCUT2D eigenvalue weighted by Gasteiger charge is 2.46. The molecule has 1 atom stereocenters. The molecule has 0 radical (unpaired) electrons. The minimum atomic E-state index is -0.853. The Morgan fingerprint density at radius 3 is 2.59 bits per heavy atom. The number of H-pyrrole nitrogens is 1. The van der Waals surface area contributed by atoms with Gasteiger partial charge in [0.05, 0.1) is 18.2 Å². The molecule has 1 aromatic heterocycles. The molecule has 1 aliphatic rings. The molecular formula is C29H25BrN2O5. The number of benzene rings is 3. The molecule has 1 aliphatic heterocycles. The van der Waals surface area contributed by atoms with Gasteiger partial charge in [0.15, 0.2) is 11.5 Å². The summed E-state index contributed by atoms with van der Waals surface area (Å²) in [5.41, 5.74) is 2.99. The number of nitrogens with one attached hydrogen (secondary N) is 1. The maximum absolute atomic E-state index is 13.3. The summed E-state index contributed by atoms with van der Waals surface area (Å²) in [6, 6.07) is 18.6. The van der Waals surface area contributed by atoms with Gasteiger partial charge in [0.25, 0.3) is 11.7 Å². The Morgan fingerprint density at radius 2 is 1.84 bits per heavy atom. The second-order valence-corrected chi connectivity index (χ2v) is 9.68. The fraction of sp³-hybridized carbons (Fsp3) is 0.172. The van der Waals surface area contributed by atoms with Gasteiger partial charge in [-0.2, -0.15) is 0 Å². The van der Waals surface area contributed by atoms with Gasteiger partial charge in [-0.1, -0.05) is 52.3 Å². The van der Waals surface area contributed by atoms with Crippen molar-refractivity contribution in [1.29, 1.82) is 0 Å². The van der Waals surface area contributed by atoms with E-state index in [0.29, 0.717) is 24.2 Å². The highest BCUT2D eigenvalue weighted by Crippen LogP contribution is 2.42. The number of aromatic nitrogens is 1. The molecule has 5 rings (SSSR count). The third-order valence-corrected chi connectivity index (χ3v) is 7.08. The largest absolute Gasteiger partial charge is 0.507 e. The molecular weight excluding hydrogens is 536 g/mol. The Bertz CT molecular complexity index is 1520. The second kappa shape index (κ2) is 10.1. The zero-order valence-electron chi connectivity index (χ0n) is 20.1. The standard InChI is InChI=1S/C29H25BrN2O5/c1-2-37-24-15-18(9-12-23(24)33)26-25(27(34)17-7-10-20(30)11-8-17)28(35)29(36)32(26)14-13-19-16-31-22-6-4-3-5-21(19)22/h3-12,15-16,26,31,33-34H,2,13-14H2,1H3/b27-25+. The lowest BCUT2D eigenvalue weighted by atomic mass is 9.95. The predicted octanol–water partition coefficient (Wildman–Crippen LogP) is 5.70. The Hall–Kier alpha value is -4.04. The van der Waals surface area contributed by atoms with Crippen molar-refractivity contribution >= 4 is 44.3 Å². The van der Waals surface area contributed by atoms with Gasteiger partial charge in [-0.15, -0.1) is 0 Å². The van der Waals surface area contributed by atoms with E-state index in [4.69, 9.17) is 4.74 Å². The molecule has 3 aromatic carbocycles. The first-order chi connectivity index (χ1) is 17.9. The number of nitrogens with zero attached hydrogens (tertiary/aromatic N) is 1.